The van der Waals surface area contributed by atoms with Crippen LogP contribution in [-0.4, -0.2) is 41.0 Å². The molecule has 28 heavy (non-hydrogen) atoms. The summed E-state index contributed by atoms with van der Waals surface area (Å²) in [5.41, 5.74) is 1.68. The molecule has 6 nitrogen and oxygen atoms in total. The van der Waals surface area contributed by atoms with E-state index in [1.54, 1.807) is 18.5 Å². The van der Waals surface area contributed by atoms with Gasteiger partial charge in [0.2, 0.25) is 5.89 Å². The van der Waals surface area contributed by atoms with Crippen LogP contribution in [0, 0.1) is 5.92 Å². The Morgan fingerprint density at radius 3 is 2.64 bits per heavy atom. The molecule has 2 atom stereocenters. The number of carbonyl (C=O) groups excluding carboxylic acids is 1. The second-order valence-corrected chi connectivity index (χ2v) is 7.66. The van der Waals surface area contributed by atoms with Crippen LogP contribution >= 0.6 is 0 Å². The fraction of sp³-hybridized carbons (Fsp3) is 0.364. The van der Waals surface area contributed by atoms with E-state index in [9.17, 15) is 4.79 Å². The van der Waals surface area contributed by atoms with Crippen LogP contribution < -0.4 is 5.32 Å². The van der Waals surface area contributed by atoms with Gasteiger partial charge in [0.25, 0.3) is 5.91 Å². The van der Waals surface area contributed by atoms with Crippen LogP contribution in [0.4, 0.5) is 0 Å². The lowest BCUT2D eigenvalue weighted by atomic mass is 9.79. The number of aromatic nitrogens is 1. The number of nitrogens with one attached hydrogen (secondary N) is 1. The van der Waals surface area contributed by atoms with Gasteiger partial charge in [-0.05, 0) is 57.0 Å². The maximum Gasteiger partial charge on any atom is 0.287 e. The van der Waals surface area contributed by atoms with Crippen molar-refractivity contribution in [1.29, 1.82) is 0 Å². The van der Waals surface area contributed by atoms with Gasteiger partial charge in [0.05, 0.1) is 6.20 Å². The van der Waals surface area contributed by atoms with E-state index in [1.807, 2.05) is 30.3 Å². The maximum absolute atomic E-state index is 12.8. The summed E-state index contributed by atoms with van der Waals surface area (Å²) in [6, 6.07) is 11.8. The Labute approximate surface area is 163 Å². The SMILES string of the molecule is CC1C(NC(=O)c2ccc(-c3ccccc3-c3ncco3)o2)C2CCN1CC2. The van der Waals surface area contributed by atoms with Gasteiger partial charge in [-0.15, -0.1) is 0 Å². The molecule has 2 aromatic heterocycles. The van der Waals surface area contributed by atoms with E-state index in [0.29, 0.717) is 29.4 Å². The molecule has 3 fully saturated rings. The number of oxazole rings is 1. The average Bonchev–Trinajstić information content (AvgIpc) is 3.43. The second kappa shape index (κ2) is 6.95. The first-order valence-electron chi connectivity index (χ1n) is 9.85. The van der Waals surface area contributed by atoms with Gasteiger partial charge in [-0.25, -0.2) is 4.98 Å². The third-order valence-electron chi connectivity index (χ3n) is 6.16. The Hall–Kier alpha value is -2.86. The number of furan rings is 1. The highest BCUT2D eigenvalue weighted by Crippen LogP contribution is 2.34. The molecule has 6 heteroatoms. The Bertz CT molecular complexity index is 969. The minimum Gasteiger partial charge on any atom is -0.451 e. The predicted molar refractivity (Wildman–Crippen MR) is 105 cm³/mol. The minimum absolute atomic E-state index is 0.148. The van der Waals surface area contributed by atoms with Crippen molar-refractivity contribution in [3.05, 3.63) is 54.6 Å². The summed E-state index contributed by atoms with van der Waals surface area (Å²) in [7, 11) is 0. The topological polar surface area (TPSA) is 71.5 Å². The van der Waals surface area contributed by atoms with Gasteiger partial charge in [0.1, 0.15) is 12.0 Å². The highest BCUT2D eigenvalue weighted by Gasteiger charge is 2.40. The number of fused-ring (bicyclic) bond motifs is 3. The summed E-state index contributed by atoms with van der Waals surface area (Å²) < 4.78 is 11.4. The molecule has 2 unspecified atom stereocenters. The first-order valence-corrected chi connectivity index (χ1v) is 9.85. The molecule has 6 rings (SSSR count). The number of nitrogens with zero attached hydrogens (tertiary/aromatic N) is 2. The Morgan fingerprint density at radius 1 is 1.14 bits per heavy atom. The molecule has 144 valence electrons. The Kier molecular flexibility index (Phi) is 4.28. The lowest BCUT2D eigenvalue weighted by molar-refractivity contribution is 0.0211. The van der Waals surface area contributed by atoms with Gasteiger partial charge in [-0.3, -0.25) is 9.69 Å². The van der Waals surface area contributed by atoms with Gasteiger partial charge in [-0.2, -0.15) is 0 Å². The number of piperidine rings is 3. The van der Waals surface area contributed by atoms with Crippen molar-refractivity contribution in [2.45, 2.75) is 31.8 Å². The molecular weight excluding hydrogens is 354 g/mol. The largest absolute Gasteiger partial charge is 0.451 e. The number of hydrogen-bond acceptors (Lipinski definition) is 5. The standard InChI is InChI=1S/C22H23N3O3/c1-14-20(15-8-11-25(14)12-9-15)24-21(26)19-7-6-18(28-19)16-4-2-3-5-17(16)22-23-10-13-27-22/h2-7,10,13-15,20H,8-9,11-12H2,1H3,(H,24,26). The van der Waals surface area contributed by atoms with Crippen LogP contribution in [0.5, 0.6) is 0 Å². The van der Waals surface area contributed by atoms with E-state index in [2.05, 4.69) is 22.1 Å². The molecule has 3 aliphatic rings. The molecule has 5 heterocycles. The first kappa shape index (κ1) is 17.3. The van der Waals surface area contributed by atoms with E-state index in [-0.39, 0.29) is 11.9 Å². The second-order valence-electron chi connectivity index (χ2n) is 7.66. The first-order chi connectivity index (χ1) is 13.7. The maximum atomic E-state index is 12.8. The van der Waals surface area contributed by atoms with Crippen LogP contribution in [0.2, 0.25) is 0 Å². The number of hydrogen-bond donors (Lipinski definition) is 1. The zero-order valence-electron chi connectivity index (χ0n) is 15.8. The van der Waals surface area contributed by atoms with Gasteiger partial charge in [-0.1, -0.05) is 18.2 Å². The molecular formula is C22H23N3O3. The van der Waals surface area contributed by atoms with Crippen molar-refractivity contribution in [2.75, 3.05) is 13.1 Å². The van der Waals surface area contributed by atoms with Crippen molar-refractivity contribution in [1.82, 2.24) is 15.2 Å². The van der Waals surface area contributed by atoms with Crippen molar-refractivity contribution in [2.24, 2.45) is 5.92 Å². The Morgan fingerprint density at radius 2 is 1.93 bits per heavy atom. The summed E-state index contributed by atoms with van der Waals surface area (Å²) in [4.78, 5) is 19.5. The monoisotopic (exact) mass is 377 g/mol. The summed E-state index contributed by atoms with van der Waals surface area (Å²) in [6.45, 7) is 4.48. The van der Waals surface area contributed by atoms with E-state index in [1.165, 1.54) is 0 Å². The molecule has 0 radical (unpaired) electrons. The summed E-state index contributed by atoms with van der Waals surface area (Å²) in [6.07, 6.45) is 5.47. The quantitative estimate of drug-likeness (QED) is 0.748. The number of carbonyl (C=O) groups is 1. The third-order valence-corrected chi connectivity index (χ3v) is 6.16. The summed E-state index contributed by atoms with van der Waals surface area (Å²) in [5, 5.41) is 3.22. The molecule has 2 bridgehead atoms. The lowest BCUT2D eigenvalue weighted by Gasteiger charge is -2.49. The summed E-state index contributed by atoms with van der Waals surface area (Å²) in [5.74, 6) is 1.90. The normalized spacial score (nSPS) is 26.3. The molecule has 0 saturated carbocycles. The molecule has 0 aliphatic carbocycles. The minimum atomic E-state index is -0.148. The van der Waals surface area contributed by atoms with E-state index >= 15 is 0 Å². The number of rotatable bonds is 4. The zero-order chi connectivity index (χ0) is 19.1. The van der Waals surface area contributed by atoms with Crippen molar-refractivity contribution >= 4 is 5.91 Å². The molecule has 0 spiro atoms. The molecule has 1 N–H and O–H groups in total. The van der Waals surface area contributed by atoms with Crippen LogP contribution in [0.15, 0.2) is 57.7 Å². The van der Waals surface area contributed by atoms with Crippen molar-refractivity contribution < 1.29 is 13.6 Å². The zero-order valence-corrected chi connectivity index (χ0v) is 15.8. The summed E-state index contributed by atoms with van der Waals surface area (Å²) >= 11 is 0. The van der Waals surface area contributed by atoms with E-state index < -0.39 is 0 Å². The number of amides is 1. The van der Waals surface area contributed by atoms with E-state index in [4.69, 9.17) is 8.83 Å². The lowest BCUT2D eigenvalue weighted by Crippen LogP contribution is -2.62. The fourth-order valence-corrected chi connectivity index (χ4v) is 4.61. The fourth-order valence-electron chi connectivity index (χ4n) is 4.61. The smallest absolute Gasteiger partial charge is 0.287 e. The van der Waals surface area contributed by atoms with Crippen molar-refractivity contribution in [3.63, 3.8) is 0 Å². The molecule has 1 aromatic carbocycles. The highest BCUT2D eigenvalue weighted by molar-refractivity contribution is 5.92. The van der Waals surface area contributed by atoms with Gasteiger partial charge >= 0.3 is 0 Å². The van der Waals surface area contributed by atoms with Crippen LogP contribution in [-0.2, 0) is 0 Å². The van der Waals surface area contributed by atoms with Crippen LogP contribution in [0.25, 0.3) is 22.8 Å². The molecule has 3 saturated heterocycles. The van der Waals surface area contributed by atoms with E-state index in [0.717, 1.165) is 37.1 Å². The van der Waals surface area contributed by atoms with Gasteiger partial charge in [0, 0.05) is 23.2 Å². The predicted octanol–water partition coefficient (Wildman–Crippen LogP) is 3.81. The Balaban J connectivity index is 1.38. The molecule has 3 aromatic rings. The van der Waals surface area contributed by atoms with Gasteiger partial charge < -0.3 is 14.2 Å². The molecule has 3 aliphatic heterocycles. The average molecular weight is 377 g/mol. The molecule has 1 amide bonds. The van der Waals surface area contributed by atoms with Crippen LogP contribution in [0.3, 0.4) is 0 Å². The van der Waals surface area contributed by atoms with Crippen LogP contribution in [0.1, 0.15) is 30.3 Å². The third kappa shape index (κ3) is 2.94. The van der Waals surface area contributed by atoms with Crippen molar-refractivity contribution in [3.8, 4) is 22.8 Å². The van der Waals surface area contributed by atoms with Gasteiger partial charge in [0.15, 0.2) is 5.76 Å². The number of benzene rings is 1. The highest BCUT2D eigenvalue weighted by atomic mass is 16.4.